The Morgan fingerprint density at radius 1 is 1.19 bits per heavy atom. The molecule has 2 aromatic carbocycles. The molecule has 1 saturated heterocycles. The predicted molar refractivity (Wildman–Crippen MR) is 90.7 cm³/mol. The highest BCUT2D eigenvalue weighted by molar-refractivity contribution is 9.10. The third-order valence-electron chi connectivity index (χ3n) is 3.84. The largest absolute Gasteiger partial charge is 0.311 e. The highest BCUT2D eigenvalue weighted by Gasteiger charge is 2.32. The van der Waals surface area contributed by atoms with Crippen molar-refractivity contribution in [2.45, 2.75) is 32.4 Å². The second-order valence-corrected chi connectivity index (χ2v) is 6.74. The summed E-state index contributed by atoms with van der Waals surface area (Å²) in [5.74, 6) is 0.181. The van der Waals surface area contributed by atoms with Crippen LogP contribution in [0.15, 0.2) is 40.9 Å². The van der Waals surface area contributed by atoms with Crippen LogP contribution in [0.4, 0.5) is 5.69 Å². The summed E-state index contributed by atoms with van der Waals surface area (Å²) in [6.45, 7) is 4.93. The van der Waals surface area contributed by atoms with Gasteiger partial charge in [0.1, 0.15) is 0 Å². The molecule has 2 aromatic rings. The van der Waals surface area contributed by atoms with E-state index in [1.165, 1.54) is 5.39 Å². The minimum Gasteiger partial charge on any atom is -0.311 e. The summed E-state index contributed by atoms with van der Waals surface area (Å²) in [5, 5.41) is 5.67. The van der Waals surface area contributed by atoms with Gasteiger partial charge in [0.2, 0.25) is 5.91 Å². The van der Waals surface area contributed by atoms with Crippen LogP contribution in [-0.4, -0.2) is 24.5 Å². The molecule has 1 amide bonds. The first kappa shape index (κ1) is 14.5. The summed E-state index contributed by atoms with van der Waals surface area (Å²) >= 11 is 3.48. The van der Waals surface area contributed by atoms with Gasteiger partial charge >= 0.3 is 0 Å². The van der Waals surface area contributed by atoms with E-state index >= 15 is 0 Å². The number of amides is 1. The number of nitrogens with zero attached hydrogens (tertiary/aromatic N) is 1. The number of hydrogen-bond donors (Lipinski definition) is 1. The fourth-order valence-corrected chi connectivity index (χ4v) is 3.24. The molecule has 0 radical (unpaired) electrons. The van der Waals surface area contributed by atoms with Crippen molar-refractivity contribution < 1.29 is 4.79 Å². The number of halogens is 1. The molecule has 0 saturated carbocycles. The molecule has 3 nitrogen and oxygen atoms in total. The van der Waals surface area contributed by atoms with Gasteiger partial charge in [0.15, 0.2) is 0 Å². The lowest BCUT2D eigenvalue weighted by atomic mass is 10.1. The fraction of sp³-hybridized carbons (Fsp3) is 0.353. The molecular formula is C17H19BrN2O. The molecule has 1 atom stereocenters. The molecule has 0 aliphatic carbocycles. The lowest BCUT2D eigenvalue weighted by molar-refractivity contribution is -0.118. The van der Waals surface area contributed by atoms with Gasteiger partial charge < -0.3 is 10.2 Å². The van der Waals surface area contributed by atoms with Gasteiger partial charge in [-0.1, -0.05) is 41.9 Å². The first-order chi connectivity index (χ1) is 10.0. The summed E-state index contributed by atoms with van der Waals surface area (Å²) < 4.78 is 1.07. The molecule has 1 aliphatic rings. The number of carbonyl (C=O) groups excluding carboxylic acids is 1. The topological polar surface area (TPSA) is 32.3 Å². The Kier molecular flexibility index (Phi) is 4.00. The minimum absolute atomic E-state index is 0.0504. The van der Waals surface area contributed by atoms with Crippen LogP contribution in [0.25, 0.3) is 10.8 Å². The SMILES string of the molecule is CC(C)NC1CCN(c2ccc3cc(Br)ccc3c2)C1=O. The van der Waals surface area contributed by atoms with Crippen LogP contribution in [0.5, 0.6) is 0 Å². The van der Waals surface area contributed by atoms with Crippen molar-refractivity contribution in [2.24, 2.45) is 0 Å². The van der Waals surface area contributed by atoms with Gasteiger partial charge in [0.05, 0.1) is 6.04 Å². The first-order valence-corrected chi connectivity index (χ1v) is 8.10. The maximum Gasteiger partial charge on any atom is 0.244 e. The van der Waals surface area contributed by atoms with Crippen molar-refractivity contribution in [1.29, 1.82) is 0 Å². The van der Waals surface area contributed by atoms with Gasteiger partial charge in [-0.05, 0) is 41.5 Å². The summed E-state index contributed by atoms with van der Waals surface area (Å²) in [6, 6.07) is 12.7. The van der Waals surface area contributed by atoms with Crippen LogP contribution in [0, 0.1) is 0 Å². The van der Waals surface area contributed by atoms with Crippen molar-refractivity contribution >= 4 is 38.3 Å². The van der Waals surface area contributed by atoms with Gasteiger partial charge in [-0.2, -0.15) is 0 Å². The second-order valence-electron chi connectivity index (χ2n) is 5.83. The van der Waals surface area contributed by atoms with Crippen molar-refractivity contribution in [3.63, 3.8) is 0 Å². The molecule has 1 aliphatic heterocycles. The Hall–Kier alpha value is -1.39. The van der Waals surface area contributed by atoms with E-state index in [1.54, 1.807) is 0 Å². The molecule has 1 unspecified atom stereocenters. The van der Waals surface area contributed by atoms with E-state index in [0.29, 0.717) is 6.04 Å². The number of rotatable bonds is 3. The molecule has 4 heteroatoms. The highest BCUT2D eigenvalue weighted by atomic mass is 79.9. The Labute approximate surface area is 133 Å². The zero-order valence-electron chi connectivity index (χ0n) is 12.3. The molecule has 0 spiro atoms. The van der Waals surface area contributed by atoms with Crippen molar-refractivity contribution in [1.82, 2.24) is 5.32 Å². The maximum atomic E-state index is 12.5. The van der Waals surface area contributed by atoms with E-state index in [1.807, 2.05) is 17.0 Å². The molecule has 0 bridgehead atoms. The van der Waals surface area contributed by atoms with Gasteiger partial charge in [0, 0.05) is 22.7 Å². The summed E-state index contributed by atoms with van der Waals surface area (Å²) in [7, 11) is 0. The Balaban J connectivity index is 1.87. The second kappa shape index (κ2) is 5.78. The third-order valence-corrected chi connectivity index (χ3v) is 4.33. The summed E-state index contributed by atoms with van der Waals surface area (Å²) in [6.07, 6.45) is 0.870. The van der Waals surface area contributed by atoms with Crippen LogP contribution in [-0.2, 0) is 4.79 Å². The van der Waals surface area contributed by atoms with Crippen molar-refractivity contribution in [3.05, 3.63) is 40.9 Å². The number of anilines is 1. The van der Waals surface area contributed by atoms with E-state index < -0.39 is 0 Å². The number of fused-ring (bicyclic) bond motifs is 1. The average molecular weight is 347 g/mol. The van der Waals surface area contributed by atoms with Gasteiger partial charge in [-0.15, -0.1) is 0 Å². The third kappa shape index (κ3) is 2.97. The monoisotopic (exact) mass is 346 g/mol. The summed E-state index contributed by atoms with van der Waals surface area (Å²) in [4.78, 5) is 14.4. The van der Waals surface area contributed by atoms with Crippen LogP contribution >= 0.6 is 15.9 Å². The van der Waals surface area contributed by atoms with Crippen LogP contribution in [0.3, 0.4) is 0 Å². The molecule has 21 heavy (non-hydrogen) atoms. The zero-order chi connectivity index (χ0) is 15.0. The Bertz CT molecular complexity index is 684. The quantitative estimate of drug-likeness (QED) is 0.918. The zero-order valence-corrected chi connectivity index (χ0v) is 13.9. The van der Waals surface area contributed by atoms with E-state index in [0.717, 1.165) is 28.5 Å². The van der Waals surface area contributed by atoms with Gasteiger partial charge in [0.25, 0.3) is 0 Å². The molecule has 3 rings (SSSR count). The van der Waals surface area contributed by atoms with Crippen LogP contribution in [0.2, 0.25) is 0 Å². The number of hydrogen-bond acceptors (Lipinski definition) is 2. The highest BCUT2D eigenvalue weighted by Crippen LogP contribution is 2.27. The van der Waals surface area contributed by atoms with Gasteiger partial charge in [-0.25, -0.2) is 0 Å². The van der Waals surface area contributed by atoms with Crippen LogP contribution in [0.1, 0.15) is 20.3 Å². The van der Waals surface area contributed by atoms with Crippen molar-refractivity contribution in [2.75, 3.05) is 11.4 Å². The Morgan fingerprint density at radius 3 is 2.67 bits per heavy atom. The predicted octanol–water partition coefficient (Wildman–Crippen LogP) is 3.71. The fourth-order valence-electron chi connectivity index (χ4n) is 2.87. The molecule has 1 heterocycles. The summed E-state index contributed by atoms with van der Waals surface area (Å²) in [5.41, 5.74) is 0.989. The van der Waals surface area contributed by atoms with Gasteiger partial charge in [-0.3, -0.25) is 4.79 Å². The maximum absolute atomic E-state index is 12.5. The van der Waals surface area contributed by atoms with E-state index in [9.17, 15) is 4.79 Å². The number of nitrogens with one attached hydrogen (secondary N) is 1. The molecule has 1 N–H and O–H groups in total. The van der Waals surface area contributed by atoms with E-state index in [4.69, 9.17) is 0 Å². The normalized spacial score (nSPS) is 19.0. The lowest BCUT2D eigenvalue weighted by Crippen LogP contribution is -2.41. The molecule has 0 aromatic heterocycles. The van der Waals surface area contributed by atoms with E-state index in [2.05, 4.69) is 59.4 Å². The molecule has 110 valence electrons. The standard InChI is InChI=1S/C17H19BrN2O/c1-11(2)19-16-7-8-20(17(16)21)15-6-4-12-9-14(18)5-3-13(12)10-15/h3-6,9-11,16,19H,7-8H2,1-2H3. The van der Waals surface area contributed by atoms with Crippen molar-refractivity contribution in [3.8, 4) is 0 Å². The average Bonchev–Trinajstić information content (AvgIpc) is 2.79. The first-order valence-electron chi connectivity index (χ1n) is 7.31. The Morgan fingerprint density at radius 2 is 1.90 bits per heavy atom. The molecular weight excluding hydrogens is 328 g/mol. The number of carbonyl (C=O) groups is 1. The van der Waals surface area contributed by atoms with Crippen LogP contribution < -0.4 is 10.2 Å². The van der Waals surface area contributed by atoms with E-state index in [-0.39, 0.29) is 11.9 Å². The number of benzene rings is 2. The molecule has 1 fully saturated rings. The minimum atomic E-state index is -0.0504. The smallest absolute Gasteiger partial charge is 0.244 e. The lowest BCUT2D eigenvalue weighted by Gasteiger charge is -2.19.